The van der Waals surface area contributed by atoms with Crippen LogP contribution in [0, 0.1) is 0 Å². The van der Waals surface area contributed by atoms with E-state index in [4.69, 9.17) is 27.9 Å². The van der Waals surface area contributed by atoms with E-state index in [0.29, 0.717) is 0 Å². The lowest BCUT2D eigenvalue weighted by atomic mass is 10.3. The SMILES string of the molecule is Clc1nc(Cl)nc(OC2CCCC2)n1. The van der Waals surface area contributed by atoms with E-state index in [2.05, 4.69) is 15.0 Å². The molecule has 0 atom stereocenters. The highest BCUT2D eigenvalue weighted by atomic mass is 35.5. The van der Waals surface area contributed by atoms with Gasteiger partial charge in [-0.05, 0) is 48.9 Å². The van der Waals surface area contributed by atoms with E-state index < -0.39 is 0 Å². The Bertz CT molecular complexity index is 308. The molecule has 1 heterocycles. The van der Waals surface area contributed by atoms with Crippen molar-refractivity contribution in [3.8, 4) is 6.01 Å². The molecule has 1 aliphatic rings. The number of ether oxygens (including phenoxy) is 1. The molecule has 1 fully saturated rings. The van der Waals surface area contributed by atoms with Crippen molar-refractivity contribution in [1.29, 1.82) is 0 Å². The zero-order chi connectivity index (χ0) is 9.97. The summed E-state index contributed by atoms with van der Waals surface area (Å²) in [6.07, 6.45) is 4.67. The highest BCUT2D eigenvalue weighted by Crippen LogP contribution is 2.22. The molecule has 0 aromatic carbocycles. The molecule has 0 saturated heterocycles. The molecule has 0 N–H and O–H groups in total. The third kappa shape index (κ3) is 2.45. The highest BCUT2D eigenvalue weighted by molar-refractivity contribution is 6.31. The maximum atomic E-state index is 5.61. The van der Waals surface area contributed by atoms with Gasteiger partial charge in [-0.1, -0.05) is 0 Å². The first kappa shape index (κ1) is 9.93. The van der Waals surface area contributed by atoms with Gasteiger partial charge in [0.1, 0.15) is 6.10 Å². The van der Waals surface area contributed by atoms with E-state index >= 15 is 0 Å². The fraction of sp³-hybridized carbons (Fsp3) is 0.625. The van der Waals surface area contributed by atoms with Crippen molar-refractivity contribution in [3.63, 3.8) is 0 Å². The van der Waals surface area contributed by atoms with Crippen LogP contribution >= 0.6 is 23.2 Å². The van der Waals surface area contributed by atoms with E-state index in [0.717, 1.165) is 12.8 Å². The summed E-state index contributed by atoms with van der Waals surface area (Å²) in [5.41, 5.74) is 0. The maximum absolute atomic E-state index is 5.61. The Morgan fingerprint density at radius 1 is 1.00 bits per heavy atom. The van der Waals surface area contributed by atoms with Gasteiger partial charge in [0.15, 0.2) is 0 Å². The Labute approximate surface area is 91.6 Å². The number of aromatic nitrogens is 3. The first-order chi connectivity index (χ1) is 6.74. The van der Waals surface area contributed by atoms with E-state index in [1.165, 1.54) is 12.8 Å². The summed E-state index contributed by atoms with van der Waals surface area (Å²) in [5.74, 6) is 0. The fourth-order valence-corrected chi connectivity index (χ4v) is 1.86. The Balaban J connectivity index is 2.07. The summed E-state index contributed by atoms with van der Waals surface area (Å²) >= 11 is 11.2. The minimum absolute atomic E-state index is 0.0676. The van der Waals surface area contributed by atoms with Gasteiger partial charge in [-0.2, -0.15) is 15.0 Å². The van der Waals surface area contributed by atoms with E-state index in [-0.39, 0.29) is 22.7 Å². The Morgan fingerprint density at radius 3 is 2.14 bits per heavy atom. The van der Waals surface area contributed by atoms with Crippen molar-refractivity contribution < 1.29 is 4.74 Å². The van der Waals surface area contributed by atoms with Crippen LogP contribution in [-0.4, -0.2) is 21.1 Å². The summed E-state index contributed by atoms with van der Waals surface area (Å²) in [5, 5.41) is 0.135. The second-order valence-electron chi connectivity index (χ2n) is 3.18. The molecule has 0 radical (unpaired) electrons. The number of halogens is 2. The lowest BCUT2D eigenvalue weighted by Gasteiger charge is -2.10. The van der Waals surface area contributed by atoms with Gasteiger partial charge < -0.3 is 4.74 Å². The quantitative estimate of drug-likeness (QED) is 0.788. The van der Waals surface area contributed by atoms with E-state index in [9.17, 15) is 0 Å². The second-order valence-corrected chi connectivity index (χ2v) is 3.86. The van der Waals surface area contributed by atoms with Crippen molar-refractivity contribution in [2.24, 2.45) is 0 Å². The third-order valence-electron chi connectivity index (χ3n) is 2.13. The minimum Gasteiger partial charge on any atom is -0.460 e. The third-order valence-corrected chi connectivity index (χ3v) is 2.47. The van der Waals surface area contributed by atoms with Gasteiger partial charge in [0.05, 0.1) is 0 Å². The average Bonchev–Trinajstić information content (AvgIpc) is 2.54. The van der Waals surface area contributed by atoms with Crippen molar-refractivity contribution in [1.82, 2.24) is 15.0 Å². The number of hydrogen-bond acceptors (Lipinski definition) is 4. The molecule has 0 unspecified atom stereocenters. The number of rotatable bonds is 2. The number of nitrogens with zero attached hydrogens (tertiary/aromatic N) is 3. The summed E-state index contributed by atoms with van der Waals surface area (Å²) in [6.45, 7) is 0. The molecule has 6 heteroatoms. The molecule has 0 amide bonds. The van der Waals surface area contributed by atoms with Crippen molar-refractivity contribution in [2.75, 3.05) is 0 Å². The topological polar surface area (TPSA) is 47.9 Å². The van der Waals surface area contributed by atoms with Crippen molar-refractivity contribution in [3.05, 3.63) is 10.6 Å². The zero-order valence-corrected chi connectivity index (χ0v) is 8.92. The van der Waals surface area contributed by atoms with Crippen LogP contribution in [0.3, 0.4) is 0 Å². The molecule has 1 saturated carbocycles. The molecule has 0 bridgehead atoms. The minimum atomic E-state index is 0.0676. The molecule has 1 aromatic rings. The smallest absolute Gasteiger partial charge is 0.322 e. The molecule has 76 valence electrons. The largest absolute Gasteiger partial charge is 0.460 e. The predicted octanol–water partition coefficient (Wildman–Crippen LogP) is 2.50. The lowest BCUT2D eigenvalue weighted by Crippen LogP contribution is -2.13. The molecular formula is C8H9Cl2N3O. The van der Waals surface area contributed by atoms with Gasteiger partial charge in [0.25, 0.3) is 0 Å². The monoisotopic (exact) mass is 233 g/mol. The van der Waals surface area contributed by atoms with Crippen LogP contribution in [0.15, 0.2) is 0 Å². The van der Waals surface area contributed by atoms with Gasteiger partial charge in [-0.3, -0.25) is 0 Å². The van der Waals surface area contributed by atoms with Crippen molar-refractivity contribution >= 4 is 23.2 Å². The van der Waals surface area contributed by atoms with Crippen LogP contribution in [0.25, 0.3) is 0 Å². The summed E-state index contributed by atoms with van der Waals surface area (Å²) < 4.78 is 5.51. The standard InChI is InChI=1S/C8H9Cl2N3O/c9-6-11-7(10)13-8(12-6)14-5-3-1-2-4-5/h5H,1-4H2. The van der Waals surface area contributed by atoms with Crippen LogP contribution < -0.4 is 4.74 Å². The molecule has 4 nitrogen and oxygen atoms in total. The maximum Gasteiger partial charge on any atom is 0.322 e. The molecule has 1 aliphatic carbocycles. The molecule has 1 aromatic heterocycles. The van der Waals surface area contributed by atoms with Gasteiger partial charge in [-0.15, -0.1) is 0 Å². The van der Waals surface area contributed by atoms with Gasteiger partial charge in [-0.25, -0.2) is 0 Å². The average molecular weight is 234 g/mol. The highest BCUT2D eigenvalue weighted by Gasteiger charge is 2.18. The number of hydrogen-bond donors (Lipinski definition) is 0. The lowest BCUT2D eigenvalue weighted by molar-refractivity contribution is 0.191. The normalized spacial score (nSPS) is 17.3. The van der Waals surface area contributed by atoms with Gasteiger partial charge in [0.2, 0.25) is 10.6 Å². The van der Waals surface area contributed by atoms with Gasteiger partial charge in [0, 0.05) is 0 Å². The van der Waals surface area contributed by atoms with Gasteiger partial charge >= 0.3 is 6.01 Å². The molecule has 0 aliphatic heterocycles. The first-order valence-corrected chi connectivity index (χ1v) is 5.23. The van der Waals surface area contributed by atoms with Crippen LogP contribution in [0.4, 0.5) is 0 Å². The van der Waals surface area contributed by atoms with E-state index in [1.54, 1.807) is 0 Å². The summed E-state index contributed by atoms with van der Waals surface area (Å²) in [4.78, 5) is 11.3. The predicted molar refractivity (Wildman–Crippen MR) is 52.7 cm³/mol. The molecule has 0 spiro atoms. The molecular weight excluding hydrogens is 225 g/mol. The molecule has 2 rings (SSSR count). The Hall–Kier alpha value is -0.610. The van der Waals surface area contributed by atoms with Crippen LogP contribution in [0.1, 0.15) is 25.7 Å². The first-order valence-electron chi connectivity index (χ1n) is 4.48. The summed E-state index contributed by atoms with van der Waals surface area (Å²) in [6, 6.07) is 0.224. The van der Waals surface area contributed by atoms with Crippen molar-refractivity contribution in [2.45, 2.75) is 31.8 Å². The van der Waals surface area contributed by atoms with Crippen LogP contribution in [0.5, 0.6) is 6.01 Å². The summed E-state index contributed by atoms with van der Waals surface area (Å²) in [7, 11) is 0. The van der Waals surface area contributed by atoms with Crippen LogP contribution in [0.2, 0.25) is 10.6 Å². The second kappa shape index (κ2) is 4.28. The van der Waals surface area contributed by atoms with Crippen LogP contribution in [-0.2, 0) is 0 Å². The fourth-order valence-electron chi connectivity index (χ4n) is 1.52. The van der Waals surface area contributed by atoms with E-state index in [1.807, 2.05) is 0 Å². The molecule has 14 heavy (non-hydrogen) atoms. The zero-order valence-electron chi connectivity index (χ0n) is 7.41. The Morgan fingerprint density at radius 2 is 1.57 bits per heavy atom. The Kier molecular flexibility index (Phi) is 3.03.